The molecule has 2 heterocycles. The predicted molar refractivity (Wildman–Crippen MR) is 85.0 cm³/mol. The van der Waals surface area contributed by atoms with Crippen molar-refractivity contribution in [3.05, 3.63) is 46.2 Å². The van der Waals surface area contributed by atoms with E-state index in [0.717, 1.165) is 37.2 Å². The standard InChI is InChI=1S/C15H17Cl2N3O/c16-12-4-3-11(15(17)6-12)7-18-13-8-19-20(9-13)10-14-2-1-5-21-14/h3-4,6,8-9,14,18H,1-2,5,7,10H2. The fourth-order valence-electron chi connectivity index (χ4n) is 2.41. The third-order valence-corrected chi connectivity index (χ3v) is 4.13. The maximum atomic E-state index is 6.15. The van der Waals surface area contributed by atoms with Crippen LogP contribution in [0.3, 0.4) is 0 Å². The Labute approximate surface area is 134 Å². The second-order valence-electron chi connectivity index (χ2n) is 5.18. The minimum absolute atomic E-state index is 0.295. The van der Waals surface area contributed by atoms with Gasteiger partial charge in [0.05, 0.1) is 24.5 Å². The second kappa shape index (κ2) is 6.69. The van der Waals surface area contributed by atoms with E-state index >= 15 is 0 Å². The van der Waals surface area contributed by atoms with Gasteiger partial charge in [0, 0.05) is 29.4 Å². The third kappa shape index (κ3) is 3.90. The van der Waals surface area contributed by atoms with Crippen molar-refractivity contribution in [2.24, 2.45) is 0 Å². The predicted octanol–water partition coefficient (Wildman–Crippen LogP) is 3.98. The smallest absolute Gasteiger partial charge is 0.0771 e. The molecule has 1 N–H and O–H groups in total. The summed E-state index contributed by atoms with van der Waals surface area (Å²) in [7, 11) is 0. The summed E-state index contributed by atoms with van der Waals surface area (Å²) in [5, 5.41) is 8.98. The molecule has 1 unspecified atom stereocenters. The van der Waals surface area contributed by atoms with Crippen molar-refractivity contribution in [2.45, 2.75) is 32.0 Å². The number of anilines is 1. The van der Waals surface area contributed by atoms with Gasteiger partial charge in [-0.05, 0) is 30.5 Å². The topological polar surface area (TPSA) is 39.1 Å². The van der Waals surface area contributed by atoms with E-state index in [1.165, 1.54) is 0 Å². The summed E-state index contributed by atoms with van der Waals surface area (Å²) in [5.74, 6) is 0. The molecule has 1 aromatic heterocycles. The highest BCUT2D eigenvalue weighted by Crippen LogP contribution is 2.22. The van der Waals surface area contributed by atoms with Gasteiger partial charge in [0.1, 0.15) is 0 Å². The zero-order chi connectivity index (χ0) is 14.7. The molecule has 0 bridgehead atoms. The molecule has 0 aliphatic carbocycles. The molecule has 1 aliphatic rings. The molecule has 1 aliphatic heterocycles. The Bertz CT molecular complexity index is 609. The SMILES string of the molecule is Clc1ccc(CNc2cnn(CC3CCCO3)c2)c(Cl)c1. The summed E-state index contributed by atoms with van der Waals surface area (Å²) in [5.41, 5.74) is 1.98. The molecule has 1 saturated heterocycles. The molecule has 112 valence electrons. The molecule has 21 heavy (non-hydrogen) atoms. The number of halogens is 2. The first-order valence-electron chi connectivity index (χ1n) is 7.02. The number of rotatable bonds is 5. The van der Waals surface area contributed by atoms with Gasteiger partial charge in [-0.3, -0.25) is 4.68 Å². The first-order valence-corrected chi connectivity index (χ1v) is 7.78. The maximum Gasteiger partial charge on any atom is 0.0771 e. The maximum absolute atomic E-state index is 6.15. The van der Waals surface area contributed by atoms with Crippen LogP contribution in [-0.4, -0.2) is 22.5 Å². The fraction of sp³-hybridized carbons (Fsp3) is 0.400. The van der Waals surface area contributed by atoms with Gasteiger partial charge in [-0.25, -0.2) is 0 Å². The van der Waals surface area contributed by atoms with Gasteiger partial charge in [-0.15, -0.1) is 0 Å². The van der Waals surface area contributed by atoms with Crippen molar-refractivity contribution in [3.8, 4) is 0 Å². The van der Waals surface area contributed by atoms with Crippen molar-refractivity contribution < 1.29 is 4.74 Å². The van der Waals surface area contributed by atoms with Gasteiger partial charge in [-0.1, -0.05) is 29.3 Å². The molecular formula is C15H17Cl2N3O. The molecular weight excluding hydrogens is 309 g/mol. The fourth-order valence-corrected chi connectivity index (χ4v) is 2.89. The number of hydrogen-bond acceptors (Lipinski definition) is 3. The highest BCUT2D eigenvalue weighted by molar-refractivity contribution is 6.35. The Balaban J connectivity index is 1.56. The Morgan fingerprint density at radius 3 is 3.05 bits per heavy atom. The van der Waals surface area contributed by atoms with E-state index in [2.05, 4.69) is 10.4 Å². The zero-order valence-corrected chi connectivity index (χ0v) is 13.1. The van der Waals surface area contributed by atoms with Crippen LogP contribution in [0.4, 0.5) is 5.69 Å². The van der Waals surface area contributed by atoms with Gasteiger partial charge in [0.25, 0.3) is 0 Å². The molecule has 0 radical (unpaired) electrons. The van der Waals surface area contributed by atoms with Crippen LogP contribution in [0.2, 0.25) is 10.0 Å². The average Bonchev–Trinajstić information content (AvgIpc) is 3.10. The average molecular weight is 326 g/mol. The minimum atomic E-state index is 0.295. The number of ether oxygens (including phenoxy) is 1. The van der Waals surface area contributed by atoms with Gasteiger partial charge < -0.3 is 10.1 Å². The van der Waals surface area contributed by atoms with Crippen LogP contribution in [0.15, 0.2) is 30.6 Å². The summed E-state index contributed by atoms with van der Waals surface area (Å²) in [6.07, 6.45) is 6.36. The largest absolute Gasteiger partial charge is 0.378 e. The van der Waals surface area contributed by atoms with Crippen LogP contribution < -0.4 is 5.32 Å². The molecule has 4 nitrogen and oxygen atoms in total. The van der Waals surface area contributed by atoms with Crippen molar-refractivity contribution in [1.29, 1.82) is 0 Å². The van der Waals surface area contributed by atoms with Crippen molar-refractivity contribution >= 4 is 28.9 Å². The molecule has 1 aromatic carbocycles. The van der Waals surface area contributed by atoms with Crippen molar-refractivity contribution in [2.75, 3.05) is 11.9 Å². The van der Waals surface area contributed by atoms with Crippen LogP contribution in [0.5, 0.6) is 0 Å². The first kappa shape index (κ1) is 14.7. The van der Waals surface area contributed by atoms with Crippen LogP contribution in [0.25, 0.3) is 0 Å². The second-order valence-corrected chi connectivity index (χ2v) is 6.02. The minimum Gasteiger partial charge on any atom is -0.378 e. The summed E-state index contributed by atoms with van der Waals surface area (Å²) in [6, 6.07) is 5.51. The zero-order valence-electron chi connectivity index (χ0n) is 11.6. The first-order chi connectivity index (χ1) is 10.2. The number of nitrogens with one attached hydrogen (secondary N) is 1. The highest BCUT2D eigenvalue weighted by atomic mass is 35.5. The van der Waals surface area contributed by atoms with Crippen LogP contribution >= 0.6 is 23.2 Å². The highest BCUT2D eigenvalue weighted by Gasteiger charge is 2.16. The normalized spacial score (nSPS) is 18.1. The van der Waals surface area contributed by atoms with Gasteiger partial charge in [-0.2, -0.15) is 5.10 Å². The number of hydrogen-bond donors (Lipinski definition) is 1. The Morgan fingerprint density at radius 1 is 1.38 bits per heavy atom. The van der Waals surface area contributed by atoms with Crippen LogP contribution in [0, 0.1) is 0 Å². The van der Waals surface area contributed by atoms with E-state index in [4.69, 9.17) is 27.9 Å². The Hall–Kier alpha value is -1.23. The van der Waals surface area contributed by atoms with Gasteiger partial charge in [0.15, 0.2) is 0 Å². The lowest BCUT2D eigenvalue weighted by molar-refractivity contribution is 0.0940. The van der Waals surface area contributed by atoms with E-state index in [1.807, 2.05) is 29.2 Å². The molecule has 0 saturated carbocycles. The van der Waals surface area contributed by atoms with Gasteiger partial charge in [0.2, 0.25) is 0 Å². The lowest BCUT2D eigenvalue weighted by atomic mass is 10.2. The monoisotopic (exact) mass is 325 g/mol. The summed E-state index contributed by atoms with van der Waals surface area (Å²) in [6.45, 7) is 2.32. The molecule has 6 heteroatoms. The van der Waals surface area contributed by atoms with Crippen molar-refractivity contribution in [1.82, 2.24) is 9.78 Å². The van der Waals surface area contributed by atoms with E-state index in [-0.39, 0.29) is 0 Å². The molecule has 2 aromatic rings. The number of aromatic nitrogens is 2. The van der Waals surface area contributed by atoms with E-state index < -0.39 is 0 Å². The molecule has 1 atom stereocenters. The molecule has 3 rings (SSSR count). The Morgan fingerprint density at radius 2 is 2.29 bits per heavy atom. The number of nitrogens with zero attached hydrogens (tertiary/aromatic N) is 2. The Kier molecular flexibility index (Phi) is 4.68. The van der Waals surface area contributed by atoms with Gasteiger partial charge >= 0.3 is 0 Å². The summed E-state index contributed by atoms with van der Waals surface area (Å²) < 4.78 is 7.53. The number of benzene rings is 1. The van der Waals surface area contributed by atoms with E-state index in [0.29, 0.717) is 22.7 Å². The van der Waals surface area contributed by atoms with Crippen LogP contribution in [-0.2, 0) is 17.8 Å². The van der Waals surface area contributed by atoms with E-state index in [1.54, 1.807) is 6.07 Å². The molecule has 0 amide bonds. The van der Waals surface area contributed by atoms with E-state index in [9.17, 15) is 0 Å². The summed E-state index contributed by atoms with van der Waals surface area (Å²) in [4.78, 5) is 0. The van der Waals surface area contributed by atoms with Crippen molar-refractivity contribution in [3.63, 3.8) is 0 Å². The lowest BCUT2D eigenvalue weighted by Gasteiger charge is -2.09. The molecule has 1 fully saturated rings. The lowest BCUT2D eigenvalue weighted by Crippen LogP contribution is -2.15. The summed E-state index contributed by atoms with van der Waals surface area (Å²) >= 11 is 12.0. The third-order valence-electron chi connectivity index (χ3n) is 3.55. The quantitative estimate of drug-likeness (QED) is 0.903. The molecule has 0 spiro atoms. The van der Waals surface area contributed by atoms with Crippen LogP contribution in [0.1, 0.15) is 18.4 Å².